The van der Waals surface area contributed by atoms with Crippen molar-refractivity contribution in [3.05, 3.63) is 48.0 Å². The first-order valence-corrected chi connectivity index (χ1v) is 5.43. The minimum absolute atomic E-state index is 0.113. The van der Waals surface area contributed by atoms with Crippen LogP contribution in [0.3, 0.4) is 0 Å². The van der Waals surface area contributed by atoms with E-state index in [4.69, 9.17) is 11.6 Å². The van der Waals surface area contributed by atoms with Crippen LogP contribution in [-0.2, 0) is 0 Å². The molecule has 0 aliphatic rings. The molecule has 76 valence electrons. The van der Waals surface area contributed by atoms with Gasteiger partial charge in [0.25, 0.3) is 0 Å². The molecule has 2 aromatic carbocycles. The third-order valence-electron chi connectivity index (χ3n) is 2.41. The van der Waals surface area contributed by atoms with E-state index in [1.807, 2.05) is 42.5 Å². The average Bonchev–Trinajstić information content (AvgIpc) is 2.28. The van der Waals surface area contributed by atoms with Crippen molar-refractivity contribution in [3.63, 3.8) is 0 Å². The molecule has 0 aliphatic heterocycles. The van der Waals surface area contributed by atoms with Crippen LogP contribution < -0.4 is 0 Å². The summed E-state index contributed by atoms with van der Waals surface area (Å²) in [5, 5.41) is 2.10. The van der Waals surface area contributed by atoms with Crippen molar-refractivity contribution in [3.8, 4) is 0 Å². The van der Waals surface area contributed by atoms with Crippen LogP contribution in [0.1, 0.15) is 16.8 Å². The molecule has 0 radical (unpaired) electrons. The second-order valence-electron chi connectivity index (χ2n) is 3.39. The standard InChI is InChI=1S/C13H11ClO/c14-9-8-13(15)12-7-3-5-10-4-1-2-6-11(10)12/h1-7H,8-9H2. The lowest BCUT2D eigenvalue weighted by molar-refractivity contribution is 0.0991. The molecule has 0 bridgehead atoms. The summed E-state index contributed by atoms with van der Waals surface area (Å²) < 4.78 is 0. The first kappa shape index (κ1) is 10.2. The minimum atomic E-state index is 0.113. The highest BCUT2D eigenvalue weighted by atomic mass is 35.5. The van der Waals surface area contributed by atoms with Crippen LogP contribution in [0.4, 0.5) is 0 Å². The number of rotatable bonds is 3. The van der Waals surface area contributed by atoms with Crippen molar-refractivity contribution in [2.24, 2.45) is 0 Å². The molecule has 0 aromatic heterocycles. The number of ketones is 1. The Labute approximate surface area is 93.7 Å². The Morgan fingerprint density at radius 2 is 1.80 bits per heavy atom. The number of hydrogen-bond donors (Lipinski definition) is 0. The summed E-state index contributed by atoms with van der Waals surface area (Å²) in [6.45, 7) is 0. The van der Waals surface area contributed by atoms with E-state index >= 15 is 0 Å². The third kappa shape index (κ3) is 2.02. The highest BCUT2D eigenvalue weighted by Crippen LogP contribution is 2.19. The summed E-state index contributed by atoms with van der Waals surface area (Å²) in [4.78, 5) is 11.8. The first-order chi connectivity index (χ1) is 7.33. The lowest BCUT2D eigenvalue weighted by atomic mass is 10.0. The normalized spacial score (nSPS) is 10.5. The van der Waals surface area contributed by atoms with Crippen LogP contribution in [0, 0.1) is 0 Å². The molecule has 0 spiro atoms. The van der Waals surface area contributed by atoms with E-state index in [1.54, 1.807) is 0 Å². The van der Waals surface area contributed by atoms with Crippen molar-refractivity contribution in [2.75, 3.05) is 5.88 Å². The number of Topliss-reactive ketones (excluding diaryl/α,β-unsaturated/α-hetero) is 1. The van der Waals surface area contributed by atoms with Gasteiger partial charge in [-0.2, -0.15) is 0 Å². The molecule has 0 heterocycles. The molecular formula is C13H11ClO. The number of benzene rings is 2. The van der Waals surface area contributed by atoms with Gasteiger partial charge >= 0.3 is 0 Å². The van der Waals surface area contributed by atoms with Crippen LogP contribution >= 0.6 is 11.6 Å². The Morgan fingerprint density at radius 1 is 1.07 bits per heavy atom. The summed E-state index contributed by atoms with van der Waals surface area (Å²) >= 11 is 5.58. The topological polar surface area (TPSA) is 17.1 Å². The van der Waals surface area contributed by atoms with E-state index in [9.17, 15) is 4.79 Å². The molecule has 1 nitrogen and oxygen atoms in total. The zero-order valence-electron chi connectivity index (χ0n) is 8.24. The van der Waals surface area contributed by atoms with Gasteiger partial charge in [0.05, 0.1) is 0 Å². The third-order valence-corrected chi connectivity index (χ3v) is 2.60. The molecule has 2 aromatic rings. The van der Waals surface area contributed by atoms with Gasteiger partial charge in [0.2, 0.25) is 0 Å². The molecule has 2 rings (SSSR count). The summed E-state index contributed by atoms with van der Waals surface area (Å²) in [5.41, 5.74) is 0.772. The number of hydrogen-bond acceptors (Lipinski definition) is 1. The Morgan fingerprint density at radius 3 is 2.60 bits per heavy atom. The predicted octanol–water partition coefficient (Wildman–Crippen LogP) is 3.65. The number of fused-ring (bicyclic) bond motifs is 1. The van der Waals surface area contributed by atoms with E-state index in [-0.39, 0.29) is 5.78 Å². The van der Waals surface area contributed by atoms with Gasteiger partial charge in [-0.25, -0.2) is 0 Å². The van der Waals surface area contributed by atoms with E-state index in [1.165, 1.54) is 0 Å². The van der Waals surface area contributed by atoms with Crippen molar-refractivity contribution >= 4 is 28.2 Å². The molecule has 2 heteroatoms. The lowest BCUT2D eigenvalue weighted by Gasteiger charge is -2.04. The zero-order chi connectivity index (χ0) is 10.7. The largest absolute Gasteiger partial charge is 0.294 e. The SMILES string of the molecule is O=C(CCCl)c1cccc2ccccc12. The van der Waals surface area contributed by atoms with Gasteiger partial charge in [-0.15, -0.1) is 11.6 Å². The van der Waals surface area contributed by atoms with Gasteiger partial charge in [-0.1, -0.05) is 42.5 Å². The van der Waals surface area contributed by atoms with Gasteiger partial charge in [-0.3, -0.25) is 4.79 Å². The van der Waals surface area contributed by atoms with Gasteiger partial charge < -0.3 is 0 Å². The molecule has 15 heavy (non-hydrogen) atoms. The van der Waals surface area contributed by atoms with Gasteiger partial charge in [-0.05, 0) is 10.8 Å². The average molecular weight is 219 g/mol. The summed E-state index contributed by atoms with van der Waals surface area (Å²) in [5.74, 6) is 0.490. The smallest absolute Gasteiger partial charge is 0.164 e. The van der Waals surface area contributed by atoms with Gasteiger partial charge in [0.1, 0.15) is 0 Å². The lowest BCUT2D eigenvalue weighted by Crippen LogP contribution is -2.00. The minimum Gasteiger partial charge on any atom is -0.294 e. The molecule has 0 saturated heterocycles. The molecule has 0 atom stereocenters. The van der Waals surface area contributed by atoms with Crippen molar-refractivity contribution < 1.29 is 4.79 Å². The first-order valence-electron chi connectivity index (χ1n) is 4.90. The molecule has 0 unspecified atom stereocenters. The van der Waals surface area contributed by atoms with Gasteiger partial charge in [0.15, 0.2) is 5.78 Å². The Hall–Kier alpha value is -1.34. The number of carbonyl (C=O) groups excluding carboxylic acids is 1. The number of halogens is 1. The van der Waals surface area contributed by atoms with E-state index in [2.05, 4.69) is 0 Å². The Kier molecular flexibility index (Phi) is 3.02. The Balaban J connectivity index is 2.56. The molecule has 0 amide bonds. The monoisotopic (exact) mass is 218 g/mol. The fraction of sp³-hybridized carbons (Fsp3) is 0.154. The number of alkyl halides is 1. The van der Waals surface area contributed by atoms with Crippen molar-refractivity contribution in [1.82, 2.24) is 0 Å². The van der Waals surface area contributed by atoms with Crippen LogP contribution in [-0.4, -0.2) is 11.7 Å². The van der Waals surface area contributed by atoms with Crippen LogP contribution in [0.2, 0.25) is 0 Å². The summed E-state index contributed by atoms with van der Waals surface area (Å²) in [6.07, 6.45) is 0.398. The molecule has 0 aliphatic carbocycles. The maximum absolute atomic E-state index is 11.8. The summed E-state index contributed by atoms with van der Waals surface area (Å²) in [6, 6.07) is 13.7. The van der Waals surface area contributed by atoms with Crippen LogP contribution in [0.5, 0.6) is 0 Å². The van der Waals surface area contributed by atoms with E-state index in [0.717, 1.165) is 16.3 Å². The molecule has 0 fully saturated rings. The maximum Gasteiger partial charge on any atom is 0.164 e. The van der Waals surface area contributed by atoms with Gasteiger partial charge in [0, 0.05) is 17.9 Å². The van der Waals surface area contributed by atoms with Crippen LogP contribution in [0.15, 0.2) is 42.5 Å². The number of carbonyl (C=O) groups is 1. The fourth-order valence-electron chi connectivity index (χ4n) is 1.69. The molecule has 0 N–H and O–H groups in total. The highest BCUT2D eigenvalue weighted by molar-refractivity contribution is 6.20. The second-order valence-corrected chi connectivity index (χ2v) is 3.77. The zero-order valence-corrected chi connectivity index (χ0v) is 9.00. The molecule has 0 saturated carbocycles. The van der Waals surface area contributed by atoms with Crippen molar-refractivity contribution in [2.45, 2.75) is 6.42 Å². The maximum atomic E-state index is 11.8. The summed E-state index contributed by atoms with van der Waals surface area (Å²) in [7, 11) is 0. The second kappa shape index (κ2) is 4.45. The predicted molar refractivity (Wildman–Crippen MR) is 63.6 cm³/mol. The Bertz CT molecular complexity index is 485. The fourth-order valence-corrected chi connectivity index (χ4v) is 1.86. The quantitative estimate of drug-likeness (QED) is 0.568. The highest BCUT2D eigenvalue weighted by Gasteiger charge is 2.08. The van der Waals surface area contributed by atoms with E-state index in [0.29, 0.717) is 12.3 Å². The van der Waals surface area contributed by atoms with Crippen molar-refractivity contribution in [1.29, 1.82) is 0 Å². The van der Waals surface area contributed by atoms with E-state index < -0.39 is 0 Å². The molecular weight excluding hydrogens is 208 g/mol. The van der Waals surface area contributed by atoms with Crippen LogP contribution in [0.25, 0.3) is 10.8 Å².